The van der Waals surface area contributed by atoms with E-state index in [1.807, 2.05) is 4.72 Å². The predicted molar refractivity (Wildman–Crippen MR) is 142 cm³/mol. The van der Waals surface area contributed by atoms with E-state index in [1.165, 1.54) is 30.3 Å². The van der Waals surface area contributed by atoms with Crippen LogP contribution < -0.4 is 20.5 Å². The van der Waals surface area contributed by atoms with Gasteiger partial charge in [-0.2, -0.15) is 19.0 Å². The number of rotatable bonds is 11. The minimum absolute atomic E-state index is 0.0107. The summed E-state index contributed by atoms with van der Waals surface area (Å²) >= 11 is 0. The van der Waals surface area contributed by atoms with Gasteiger partial charge in [-0.25, -0.2) is 12.8 Å². The number of ether oxygens (including phenoxy) is 2. The van der Waals surface area contributed by atoms with Crippen LogP contribution >= 0.6 is 0 Å². The first-order chi connectivity index (χ1) is 19.6. The topological polar surface area (TPSA) is 166 Å². The Labute approximate surface area is 231 Å². The lowest BCUT2D eigenvalue weighted by Crippen LogP contribution is -2.21. The molecule has 12 nitrogen and oxygen atoms in total. The van der Waals surface area contributed by atoms with Crippen molar-refractivity contribution in [3.63, 3.8) is 0 Å². The van der Waals surface area contributed by atoms with Gasteiger partial charge in [0.05, 0.1) is 37.7 Å². The van der Waals surface area contributed by atoms with Gasteiger partial charge in [-0.1, -0.05) is 18.2 Å². The van der Waals surface area contributed by atoms with Gasteiger partial charge in [0.2, 0.25) is 0 Å². The van der Waals surface area contributed by atoms with Crippen LogP contribution in [0.1, 0.15) is 21.6 Å². The molecule has 1 aliphatic heterocycles. The van der Waals surface area contributed by atoms with Crippen LogP contribution in [0.4, 0.5) is 30.5 Å². The summed E-state index contributed by atoms with van der Waals surface area (Å²) in [6.45, 7) is 1.46. The monoisotopic (exact) mass is 591 g/mol. The lowest BCUT2D eigenvalue weighted by molar-refractivity contribution is 0.0801. The number of nitrogens with two attached hydrogens (primary N) is 1. The SMILES string of the molecule is NC(=O)c1c(-c2ccc(NS(=O)(=O)C(F)F)c(OCCc3ccc(F)cc3)c2)n[nH]c1Nc1cc2n(n1)CCOC2. The smallest absolute Gasteiger partial charge is 0.355 e. The number of carbonyl (C=O) groups excluding carboxylic acids is 1. The Morgan fingerprint density at radius 3 is 2.68 bits per heavy atom. The molecule has 1 amide bonds. The molecular weight excluding hydrogens is 567 g/mol. The molecule has 41 heavy (non-hydrogen) atoms. The Balaban J connectivity index is 1.45. The largest absolute Gasteiger partial charge is 0.491 e. The molecule has 0 saturated carbocycles. The minimum Gasteiger partial charge on any atom is -0.491 e. The van der Waals surface area contributed by atoms with Gasteiger partial charge in [0.25, 0.3) is 15.9 Å². The Morgan fingerprint density at radius 1 is 1.20 bits per heavy atom. The Morgan fingerprint density at radius 2 is 1.98 bits per heavy atom. The number of aromatic amines is 1. The van der Waals surface area contributed by atoms with Crippen LogP contribution in [0.5, 0.6) is 5.75 Å². The molecule has 0 radical (unpaired) electrons. The fourth-order valence-corrected chi connectivity index (χ4v) is 4.73. The number of nitrogens with one attached hydrogen (secondary N) is 3. The van der Waals surface area contributed by atoms with Crippen LogP contribution in [0, 0.1) is 5.82 Å². The van der Waals surface area contributed by atoms with Gasteiger partial charge in [-0.15, -0.1) is 0 Å². The molecule has 16 heteroatoms. The molecule has 0 spiro atoms. The van der Waals surface area contributed by atoms with Crippen LogP contribution in [0.15, 0.2) is 48.5 Å². The number of alkyl halides is 2. The van der Waals surface area contributed by atoms with E-state index in [2.05, 4.69) is 20.6 Å². The predicted octanol–water partition coefficient (Wildman–Crippen LogP) is 3.37. The number of H-pyrrole nitrogens is 1. The first-order valence-corrected chi connectivity index (χ1v) is 13.8. The standard InChI is InChI=1S/C25H24F3N7O5S/c26-16-4-1-14(2-5-16)7-9-40-19-11-15(3-6-18(19)34-41(37,38)25(27)28)22-21(23(29)36)24(32-31-22)30-20-12-17-13-39-10-8-35(17)33-20/h1-6,11-12,25,34H,7-10,13H2,(H2,29,36)(H2,30,31,32,33). The highest BCUT2D eigenvalue weighted by Crippen LogP contribution is 2.35. The van der Waals surface area contributed by atoms with Crippen molar-refractivity contribution in [2.24, 2.45) is 5.73 Å². The summed E-state index contributed by atoms with van der Waals surface area (Å²) in [5.41, 5.74) is 7.33. The van der Waals surface area contributed by atoms with Gasteiger partial charge in [0.15, 0.2) is 5.82 Å². The van der Waals surface area contributed by atoms with Gasteiger partial charge < -0.3 is 20.5 Å². The summed E-state index contributed by atoms with van der Waals surface area (Å²) < 4.78 is 77.8. The summed E-state index contributed by atoms with van der Waals surface area (Å²) in [7, 11) is -5.02. The second kappa shape index (κ2) is 11.5. The number of amides is 1. The molecule has 216 valence electrons. The number of aromatic nitrogens is 4. The van der Waals surface area contributed by atoms with Crippen molar-refractivity contribution < 1.29 is 35.9 Å². The maximum atomic E-state index is 13.2. The number of nitrogens with zero attached hydrogens (tertiary/aromatic N) is 3. The average molecular weight is 592 g/mol. The molecule has 2 aromatic carbocycles. The van der Waals surface area contributed by atoms with Gasteiger partial charge >= 0.3 is 5.76 Å². The third-order valence-electron chi connectivity index (χ3n) is 6.13. The molecule has 5 N–H and O–H groups in total. The van der Waals surface area contributed by atoms with Crippen LogP contribution in [-0.4, -0.2) is 53.3 Å². The van der Waals surface area contributed by atoms with Crippen LogP contribution in [-0.2, 0) is 34.3 Å². The van der Waals surface area contributed by atoms with Crippen molar-refractivity contribution in [3.8, 4) is 17.0 Å². The summed E-state index contributed by atoms with van der Waals surface area (Å²) in [5.74, 6) is -4.45. The maximum Gasteiger partial charge on any atom is 0.355 e. The van der Waals surface area contributed by atoms with Gasteiger partial charge in [-0.05, 0) is 29.8 Å². The number of primary amides is 1. The Bertz CT molecular complexity index is 1650. The molecule has 0 aliphatic carbocycles. The summed E-state index contributed by atoms with van der Waals surface area (Å²) in [6, 6.07) is 11.3. The number of fused-ring (bicyclic) bond motifs is 1. The third-order valence-corrected chi connectivity index (χ3v) is 7.10. The zero-order chi connectivity index (χ0) is 29.1. The van der Waals surface area contributed by atoms with E-state index in [-0.39, 0.29) is 40.7 Å². The van der Waals surface area contributed by atoms with E-state index >= 15 is 0 Å². The summed E-state index contributed by atoms with van der Waals surface area (Å²) in [5, 5.41) is 14.3. The molecule has 0 atom stereocenters. The molecule has 0 unspecified atom stereocenters. The number of hydrogen-bond donors (Lipinski definition) is 4. The Kier molecular flexibility index (Phi) is 7.85. The second-order valence-corrected chi connectivity index (χ2v) is 10.6. The maximum absolute atomic E-state index is 13.2. The molecule has 2 aromatic heterocycles. The van der Waals surface area contributed by atoms with Crippen molar-refractivity contribution in [2.75, 3.05) is 23.3 Å². The van der Waals surface area contributed by atoms with Gasteiger partial charge in [-0.3, -0.25) is 19.3 Å². The van der Waals surface area contributed by atoms with Crippen molar-refractivity contribution in [2.45, 2.75) is 25.3 Å². The summed E-state index contributed by atoms with van der Waals surface area (Å²) in [6.07, 6.45) is 0.300. The highest BCUT2D eigenvalue weighted by atomic mass is 32.2. The van der Waals surface area contributed by atoms with E-state index in [4.69, 9.17) is 15.2 Å². The molecule has 1 aliphatic rings. The average Bonchev–Trinajstić information content (AvgIpc) is 3.54. The van der Waals surface area contributed by atoms with E-state index in [0.29, 0.717) is 32.0 Å². The molecule has 0 bridgehead atoms. The van der Waals surface area contributed by atoms with Crippen LogP contribution in [0.25, 0.3) is 11.3 Å². The number of sulfonamides is 1. The quantitative estimate of drug-likeness (QED) is 0.206. The summed E-state index contributed by atoms with van der Waals surface area (Å²) in [4.78, 5) is 12.5. The molecular formula is C25H24F3N7O5S. The van der Waals surface area contributed by atoms with Gasteiger partial charge in [0.1, 0.15) is 28.6 Å². The fraction of sp³-hybridized carbons (Fsp3) is 0.240. The number of hydrogen-bond acceptors (Lipinski definition) is 8. The van der Waals surface area contributed by atoms with Crippen molar-refractivity contribution in [3.05, 3.63) is 71.2 Å². The molecule has 4 aromatic rings. The van der Waals surface area contributed by atoms with E-state index in [9.17, 15) is 26.4 Å². The van der Waals surface area contributed by atoms with Crippen molar-refractivity contribution in [1.82, 2.24) is 20.0 Å². The number of anilines is 3. The zero-order valence-corrected chi connectivity index (χ0v) is 22.1. The Hall–Kier alpha value is -4.57. The van der Waals surface area contributed by atoms with Gasteiger partial charge in [0, 0.05) is 18.1 Å². The second-order valence-electron chi connectivity index (χ2n) is 8.95. The minimum atomic E-state index is -5.02. The van der Waals surface area contributed by atoms with E-state index in [1.54, 1.807) is 22.9 Å². The molecule has 0 saturated heterocycles. The first kappa shape index (κ1) is 28.0. The molecule has 0 fully saturated rings. The third kappa shape index (κ3) is 6.28. The number of halogens is 3. The number of carbonyl (C=O) groups is 1. The lowest BCUT2D eigenvalue weighted by atomic mass is 10.1. The highest BCUT2D eigenvalue weighted by Gasteiger charge is 2.27. The fourth-order valence-electron chi connectivity index (χ4n) is 4.16. The van der Waals surface area contributed by atoms with Crippen molar-refractivity contribution in [1.29, 1.82) is 0 Å². The van der Waals surface area contributed by atoms with E-state index < -0.39 is 27.5 Å². The molecule has 5 rings (SSSR count). The van der Waals surface area contributed by atoms with E-state index in [0.717, 1.165) is 11.3 Å². The normalized spacial score (nSPS) is 13.2. The zero-order valence-electron chi connectivity index (χ0n) is 21.2. The first-order valence-electron chi connectivity index (χ1n) is 12.2. The van der Waals surface area contributed by atoms with Crippen LogP contribution in [0.3, 0.4) is 0 Å². The van der Waals surface area contributed by atoms with Crippen molar-refractivity contribution >= 4 is 33.3 Å². The van der Waals surface area contributed by atoms with Crippen LogP contribution in [0.2, 0.25) is 0 Å². The lowest BCUT2D eigenvalue weighted by Gasteiger charge is -2.15. The molecule has 3 heterocycles. The highest BCUT2D eigenvalue weighted by molar-refractivity contribution is 7.93. The number of benzene rings is 2.